The molecule has 1 heterocycles. The summed E-state index contributed by atoms with van der Waals surface area (Å²) in [5.41, 5.74) is 13.6. The first-order valence-electron chi connectivity index (χ1n) is 11.9. The lowest BCUT2D eigenvalue weighted by Crippen LogP contribution is -2.07. The van der Waals surface area contributed by atoms with Crippen LogP contribution in [-0.2, 0) is 6.54 Å². The van der Waals surface area contributed by atoms with Gasteiger partial charge in [-0.1, -0.05) is 85.5 Å². The monoisotopic (exact) mass is 439 g/mol. The Morgan fingerprint density at radius 1 is 1.03 bits per heavy atom. The summed E-state index contributed by atoms with van der Waals surface area (Å²) >= 11 is 0. The van der Waals surface area contributed by atoms with Crippen molar-refractivity contribution in [1.82, 2.24) is 4.57 Å². The third kappa shape index (κ3) is 3.92. The molecule has 0 N–H and O–H groups in total. The van der Waals surface area contributed by atoms with Gasteiger partial charge in [0.15, 0.2) is 0 Å². The average Bonchev–Trinajstić information content (AvgIpc) is 3.17. The van der Waals surface area contributed by atoms with Crippen molar-refractivity contribution in [2.24, 2.45) is 0 Å². The van der Waals surface area contributed by atoms with Crippen LogP contribution < -0.4 is 0 Å². The molecule has 34 heavy (non-hydrogen) atoms. The lowest BCUT2D eigenvalue weighted by Gasteiger charge is -2.18. The molecule has 166 valence electrons. The predicted molar refractivity (Wildman–Crippen MR) is 149 cm³/mol. The highest BCUT2D eigenvalue weighted by atomic mass is 15.0. The molecule has 0 saturated heterocycles. The molecule has 2 aromatic carbocycles. The molecule has 0 unspecified atom stereocenters. The van der Waals surface area contributed by atoms with Crippen LogP contribution >= 0.6 is 0 Å². The van der Waals surface area contributed by atoms with Crippen LogP contribution in [-0.4, -0.2) is 4.57 Å². The van der Waals surface area contributed by atoms with Crippen molar-refractivity contribution in [3.05, 3.63) is 137 Å². The van der Waals surface area contributed by atoms with Crippen LogP contribution in [0.3, 0.4) is 0 Å². The second kappa shape index (κ2) is 9.43. The van der Waals surface area contributed by atoms with Gasteiger partial charge in [0.1, 0.15) is 0 Å². The molecule has 5 rings (SSSR count). The Labute approximate surface area is 202 Å². The summed E-state index contributed by atoms with van der Waals surface area (Å²) < 4.78 is 2.46. The van der Waals surface area contributed by atoms with Gasteiger partial charge in [0.05, 0.1) is 0 Å². The Balaban J connectivity index is 1.79. The number of fused-ring (bicyclic) bond motifs is 2. The highest BCUT2D eigenvalue weighted by Crippen LogP contribution is 2.35. The van der Waals surface area contributed by atoms with Crippen LogP contribution in [0.25, 0.3) is 34.6 Å². The second-order valence-corrected chi connectivity index (χ2v) is 8.74. The number of rotatable bonds is 5. The Bertz CT molecular complexity index is 1500. The summed E-state index contributed by atoms with van der Waals surface area (Å²) in [5, 5.41) is 2.48. The molecule has 1 aromatic heterocycles. The minimum Gasteiger partial charge on any atom is -0.340 e. The van der Waals surface area contributed by atoms with E-state index in [0.29, 0.717) is 0 Å². The molecule has 0 atom stereocenters. The maximum Gasteiger partial charge on any atom is 0.0485 e. The van der Waals surface area contributed by atoms with E-state index >= 15 is 0 Å². The van der Waals surface area contributed by atoms with Gasteiger partial charge in [0, 0.05) is 34.6 Å². The molecule has 2 aliphatic carbocycles. The van der Waals surface area contributed by atoms with Gasteiger partial charge in [0.2, 0.25) is 0 Å². The standard InChI is InChI=1S/C33H29N/c1-4-5-18-31-28(23-34-25(3)24(2)29-19-11-8-12-21-32(29)34)22-27-17-13-14-20-30(27)33(31)26-15-9-6-7-10-16-26/h4-7,9-15,17-22H,1,8,23H2,2-3H3/b18-5-. The third-order valence-corrected chi connectivity index (χ3v) is 6.74. The van der Waals surface area contributed by atoms with E-state index < -0.39 is 0 Å². The summed E-state index contributed by atoms with van der Waals surface area (Å²) in [6.07, 6.45) is 26.4. The van der Waals surface area contributed by atoms with E-state index in [9.17, 15) is 0 Å². The van der Waals surface area contributed by atoms with E-state index in [4.69, 9.17) is 0 Å². The highest BCUT2D eigenvalue weighted by Gasteiger charge is 2.19. The van der Waals surface area contributed by atoms with Crippen LogP contribution in [0.15, 0.2) is 97.3 Å². The molecule has 0 amide bonds. The van der Waals surface area contributed by atoms with E-state index in [1.807, 2.05) is 30.4 Å². The Morgan fingerprint density at radius 2 is 1.88 bits per heavy atom. The number of allylic oxidation sites excluding steroid dienone is 9. The molecular weight excluding hydrogens is 410 g/mol. The zero-order chi connectivity index (χ0) is 23.5. The van der Waals surface area contributed by atoms with Gasteiger partial charge in [-0.05, 0) is 72.0 Å². The molecule has 1 nitrogen and oxygen atoms in total. The summed E-state index contributed by atoms with van der Waals surface area (Å²) in [5.74, 6) is 0. The van der Waals surface area contributed by atoms with Crippen LogP contribution in [0, 0.1) is 13.8 Å². The van der Waals surface area contributed by atoms with Crippen molar-refractivity contribution >= 4 is 34.6 Å². The van der Waals surface area contributed by atoms with Crippen LogP contribution in [0.5, 0.6) is 0 Å². The fraction of sp³-hybridized carbons (Fsp3) is 0.121. The molecule has 0 spiro atoms. The second-order valence-electron chi connectivity index (χ2n) is 8.74. The first kappa shape index (κ1) is 21.8. The number of nitrogens with zero attached hydrogens (tertiary/aromatic N) is 1. The molecule has 3 aromatic rings. The van der Waals surface area contributed by atoms with Crippen molar-refractivity contribution in [2.75, 3.05) is 0 Å². The quantitative estimate of drug-likeness (QED) is 0.277. The predicted octanol–water partition coefficient (Wildman–Crippen LogP) is 8.60. The molecule has 1 heteroatoms. The molecule has 2 aliphatic rings. The number of hydrogen-bond acceptors (Lipinski definition) is 0. The summed E-state index contributed by atoms with van der Waals surface area (Å²) in [6.45, 7) is 9.20. The van der Waals surface area contributed by atoms with E-state index in [2.05, 4.69) is 104 Å². The Morgan fingerprint density at radius 3 is 2.76 bits per heavy atom. The van der Waals surface area contributed by atoms with Crippen molar-refractivity contribution < 1.29 is 0 Å². The maximum absolute atomic E-state index is 3.93. The lowest BCUT2D eigenvalue weighted by atomic mass is 9.89. The van der Waals surface area contributed by atoms with Gasteiger partial charge >= 0.3 is 0 Å². The zero-order valence-corrected chi connectivity index (χ0v) is 19.9. The first-order valence-corrected chi connectivity index (χ1v) is 11.9. The largest absolute Gasteiger partial charge is 0.340 e. The molecule has 0 radical (unpaired) electrons. The van der Waals surface area contributed by atoms with E-state index in [-0.39, 0.29) is 0 Å². The Kier molecular flexibility index (Phi) is 6.04. The fourth-order valence-corrected chi connectivity index (χ4v) is 4.93. The molecule has 0 fully saturated rings. The number of aromatic nitrogens is 1. The molecule has 0 aliphatic heterocycles. The summed E-state index contributed by atoms with van der Waals surface area (Å²) in [7, 11) is 0. The van der Waals surface area contributed by atoms with E-state index in [1.54, 1.807) is 0 Å². The summed E-state index contributed by atoms with van der Waals surface area (Å²) in [4.78, 5) is 0. The van der Waals surface area contributed by atoms with Crippen molar-refractivity contribution in [1.29, 1.82) is 0 Å². The zero-order valence-electron chi connectivity index (χ0n) is 19.9. The Hall–Kier alpha value is -4.06. The number of hydrogen-bond donors (Lipinski definition) is 0. The summed E-state index contributed by atoms with van der Waals surface area (Å²) in [6, 6.07) is 11.0. The SMILES string of the molecule is C=C/C=C\c1c(Cn2c(C)c(C)c3c2C=CCC=C3)cc2ccccc2c1C1=C=CC=CC=C1. The topological polar surface area (TPSA) is 4.93 Å². The smallest absolute Gasteiger partial charge is 0.0485 e. The molecule has 0 bridgehead atoms. The van der Waals surface area contributed by atoms with Gasteiger partial charge in [-0.2, -0.15) is 0 Å². The van der Waals surface area contributed by atoms with Crippen molar-refractivity contribution in [3.8, 4) is 0 Å². The average molecular weight is 440 g/mol. The fourth-order valence-electron chi connectivity index (χ4n) is 4.93. The first-order chi connectivity index (χ1) is 16.7. The lowest BCUT2D eigenvalue weighted by molar-refractivity contribution is 0.765. The van der Waals surface area contributed by atoms with Gasteiger partial charge in [-0.25, -0.2) is 0 Å². The third-order valence-electron chi connectivity index (χ3n) is 6.74. The van der Waals surface area contributed by atoms with Gasteiger partial charge in [-0.3, -0.25) is 0 Å². The van der Waals surface area contributed by atoms with Crippen LogP contribution in [0.1, 0.15) is 45.6 Å². The highest BCUT2D eigenvalue weighted by molar-refractivity contribution is 6.00. The van der Waals surface area contributed by atoms with Gasteiger partial charge in [-0.15, -0.1) is 5.73 Å². The number of benzene rings is 2. The van der Waals surface area contributed by atoms with Crippen LogP contribution in [0.4, 0.5) is 0 Å². The van der Waals surface area contributed by atoms with E-state index in [1.165, 1.54) is 50.0 Å². The molecular formula is C33H29N. The van der Waals surface area contributed by atoms with E-state index in [0.717, 1.165) is 18.5 Å². The minimum absolute atomic E-state index is 0.799. The molecule has 0 saturated carbocycles. The van der Waals surface area contributed by atoms with Gasteiger partial charge in [0.25, 0.3) is 0 Å². The van der Waals surface area contributed by atoms with Crippen molar-refractivity contribution in [3.63, 3.8) is 0 Å². The minimum atomic E-state index is 0.799. The van der Waals surface area contributed by atoms with Crippen LogP contribution in [0.2, 0.25) is 0 Å². The maximum atomic E-state index is 3.93. The van der Waals surface area contributed by atoms with Crippen molar-refractivity contribution in [2.45, 2.75) is 26.8 Å². The normalized spacial score (nSPS) is 14.5. The van der Waals surface area contributed by atoms with Gasteiger partial charge < -0.3 is 4.57 Å².